The first kappa shape index (κ1) is 9.33. The first-order valence-corrected chi connectivity index (χ1v) is 4.48. The summed E-state index contributed by atoms with van der Waals surface area (Å²) in [5.41, 5.74) is 3.81. The van der Waals surface area contributed by atoms with Crippen molar-refractivity contribution in [1.29, 1.82) is 0 Å². The van der Waals surface area contributed by atoms with Crippen molar-refractivity contribution in [1.82, 2.24) is 10.4 Å². The van der Waals surface area contributed by atoms with Crippen molar-refractivity contribution in [3.63, 3.8) is 0 Å². The number of hydrogen-bond donors (Lipinski definition) is 1. The lowest BCUT2D eigenvalue weighted by atomic mass is 10.2. The van der Waals surface area contributed by atoms with E-state index in [0.717, 1.165) is 10.9 Å². The van der Waals surface area contributed by atoms with Gasteiger partial charge in [0.25, 0.3) is 0 Å². The predicted octanol–water partition coefficient (Wildman–Crippen LogP) is 1.31. The average Bonchev–Trinajstić information content (AvgIpc) is 2.29. The van der Waals surface area contributed by atoms with Gasteiger partial charge in [0.2, 0.25) is 6.41 Å². The number of carbonyl (C=O) groups is 1. The van der Waals surface area contributed by atoms with Crippen molar-refractivity contribution < 1.29 is 4.79 Å². The van der Waals surface area contributed by atoms with Crippen molar-refractivity contribution >= 4 is 23.5 Å². The summed E-state index contributed by atoms with van der Waals surface area (Å²) in [6.45, 7) is 0. The number of carbonyl (C=O) groups excluding carboxylic acids is 1. The van der Waals surface area contributed by atoms with Gasteiger partial charge in [-0.2, -0.15) is 5.10 Å². The van der Waals surface area contributed by atoms with Crippen LogP contribution in [0.4, 0.5) is 0 Å². The first-order valence-electron chi connectivity index (χ1n) is 4.48. The Bertz CT molecular complexity index is 508. The largest absolute Gasteiger partial charge is 0.277 e. The van der Waals surface area contributed by atoms with Crippen LogP contribution in [0.3, 0.4) is 0 Å². The molecule has 15 heavy (non-hydrogen) atoms. The second kappa shape index (κ2) is 4.32. The highest BCUT2D eigenvalue weighted by Crippen LogP contribution is 2.10. The van der Waals surface area contributed by atoms with Gasteiger partial charge in [-0.05, 0) is 12.1 Å². The van der Waals surface area contributed by atoms with Crippen LogP contribution in [0.15, 0.2) is 41.5 Å². The summed E-state index contributed by atoms with van der Waals surface area (Å²) in [5.74, 6) is 0. The van der Waals surface area contributed by atoms with Gasteiger partial charge in [-0.15, -0.1) is 0 Å². The molecule has 0 unspecified atom stereocenters. The van der Waals surface area contributed by atoms with E-state index in [9.17, 15) is 4.79 Å². The Morgan fingerprint density at radius 2 is 2.07 bits per heavy atom. The van der Waals surface area contributed by atoms with Crippen LogP contribution >= 0.6 is 0 Å². The molecule has 0 aliphatic heterocycles. The summed E-state index contributed by atoms with van der Waals surface area (Å²) in [6.07, 6.45) is 2.01. The molecule has 1 aromatic heterocycles. The number of nitrogens with one attached hydrogen (secondary N) is 1. The molecule has 0 saturated carbocycles. The Hall–Kier alpha value is -2.23. The fourth-order valence-corrected chi connectivity index (χ4v) is 1.29. The number of hydrazone groups is 1. The molecule has 0 aliphatic rings. The van der Waals surface area contributed by atoms with Crippen molar-refractivity contribution in [2.45, 2.75) is 0 Å². The normalized spacial score (nSPS) is 10.7. The Morgan fingerprint density at radius 3 is 2.93 bits per heavy atom. The van der Waals surface area contributed by atoms with Crippen molar-refractivity contribution in [2.24, 2.45) is 5.10 Å². The van der Waals surface area contributed by atoms with Crippen LogP contribution < -0.4 is 5.43 Å². The van der Waals surface area contributed by atoms with Gasteiger partial charge in [0.05, 0.1) is 17.4 Å². The number of aromatic nitrogens is 1. The molecule has 74 valence electrons. The van der Waals surface area contributed by atoms with E-state index in [0.29, 0.717) is 12.1 Å². The highest BCUT2D eigenvalue weighted by Gasteiger charge is 1.94. The zero-order valence-electron chi connectivity index (χ0n) is 7.92. The lowest BCUT2D eigenvalue weighted by Crippen LogP contribution is -2.01. The topological polar surface area (TPSA) is 54.4 Å². The van der Waals surface area contributed by atoms with Crippen molar-refractivity contribution in [3.8, 4) is 0 Å². The summed E-state index contributed by atoms with van der Waals surface area (Å²) in [4.78, 5) is 14.3. The lowest BCUT2D eigenvalue weighted by Gasteiger charge is -1.97. The summed E-state index contributed by atoms with van der Waals surface area (Å²) >= 11 is 0. The number of nitrogens with zero attached hydrogens (tertiary/aromatic N) is 2. The third-order valence-corrected chi connectivity index (χ3v) is 1.94. The van der Waals surface area contributed by atoms with Gasteiger partial charge >= 0.3 is 0 Å². The van der Waals surface area contributed by atoms with Crippen LogP contribution in [0.1, 0.15) is 5.69 Å². The first-order chi connectivity index (χ1) is 7.40. The SMILES string of the molecule is O=CN/N=C/c1ccc2ccccc2n1. The van der Waals surface area contributed by atoms with Gasteiger partial charge in [0.15, 0.2) is 0 Å². The molecule has 1 aromatic carbocycles. The molecule has 1 N–H and O–H groups in total. The zero-order valence-corrected chi connectivity index (χ0v) is 7.92. The molecule has 0 radical (unpaired) electrons. The molecule has 0 bridgehead atoms. The van der Waals surface area contributed by atoms with Crippen molar-refractivity contribution in [3.05, 3.63) is 42.1 Å². The van der Waals surface area contributed by atoms with Gasteiger partial charge in [0.1, 0.15) is 0 Å². The van der Waals surface area contributed by atoms with Crippen molar-refractivity contribution in [2.75, 3.05) is 0 Å². The maximum absolute atomic E-state index is 9.96. The fourth-order valence-electron chi connectivity index (χ4n) is 1.29. The van der Waals surface area contributed by atoms with E-state index < -0.39 is 0 Å². The minimum absolute atomic E-state index is 0.511. The van der Waals surface area contributed by atoms with Crippen LogP contribution in [-0.2, 0) is 4.79 Å². The van der Waals surface area contributed by atoms with Gasteiger partial charge in [-0.1, -0.05) is 24.3 Å². The summed E-state index contributed by atoms with van der Waals surface area (Å²) < 4.78 is 0. The zero-order chi connectivity index (χ0) is 10.5. The molecule has 2 aromatic rings. The van der Waals surface area contributed by atoms with Gasteiger partial charge < -0.3 is 0 Å². The number of benzene rings is 1. The van der Waals surface area contributed by atoms with Gasteiger partial charge in [0, 0.05) is 5.39 Å². The number of rotatable bonds is 3. The molecule has 0 spiro atoms. The number of fused-ring (bicyclic) bond motifs is 1. The average molecular weight is 199 g/mol. The molecule has 1 amide bonds. The van der Waals surface area contributed by atoms with E-state index in [4.69, 9.17) is 0 Å². The quantitative estimate of drug-likeness (QED) is 0.460. The standard InChI is InChI=1S/C11H9N3O/c15-8-13-12-7-10-6-5-9-3-1-2-4-11(9)14-10/h1-8H,(H,13,15)/b12-7+. The molecule has 0 atom stereocenters. The van der Waals surface area contributed by atoms with Gasteiger partial charge in [-0.25, -0.2) is 10.4 Å². The Labute approximate surface area is 86.6 Å². The van der Waals surface area contributed by atoms with Crippen LogP contribution in [0, 0.1) is 0 Å². The second-order valence-electron chi connectivity index (χ2n) is 2.93. The Morgan fingerprint density at radius 1 is 1.20 bits per heavy atom. The van der Waals surface area contributed by atoms with E-state index in [1.54, 1.807) is 0 Å². The predicted molar refractivity (Wildman–Crippen MR) is 58.5 cm³/mol. The summed E-state index contributed by atoms with van der Waals surface area (Å²) in [5, 5.41) is 4.74. The number of pyridine rings is 1. The third-order valence-electron chi connectivity index (χ3n) is 1.94. The highest BCUT2D eigenvalue weighted by atomic mass is 16.1. The maximum Gasteiger partial charge on any atom is 0.227 e. The third kappa shape index (κ3) is 2.17. The maximum atomic E-state index is 9.96. The van der Waals surface area contributed by atoms with E-state index >= 15 is 0 Å². The molecule has 4 heteroatoms. The van der Waals surface area contributed by atoms with E-state index in [2.05, 4.69) is 15.5 Å². The molecule has 0 saturated heterocycles. The molecular formula is C11H9N3O. The molecule has 1 heterocycles. The van der Waals surface area contributed by atoms with E-state index in [1.807, 2.05) is 36.4 Å². The lowest BCUT2D eigenvalue weighted by molar-refractivity contribution is -0.109. The molecular weight excluding hydrogens is 190 g/mol. The molecule has 0 fully saturated rings. The molecule has 4 nitrogen and oxygen atoms in total. The van der Waals surface area contributed by atoms with Crippen LogP contribution in [0.5, 0.6) is 0 Å². The summed E-state index contributed by atoms with van der Waals surface area (Å²) in [7, 11) is 0. The Kier molecular flexibility index (Phi) is 2.69. The van der Waals surface area contributed by atoms with Crippen LogP contribution in [0.25, 0.3) is 10.9 Å². The molecule has 2 rings (SSSR count). The van der Waals surface area contributed by atoms with Crippen LogP contribution in [0.2, 0.25) is 0 Å². The highest BCUT2D eigenvalue weighted by molar-refractivity contribution is 5.85. The minimum Gasteiger partial charge on any atom is -0.277 e. The fraction of sp³-hybridized carbons (Fsp3) is 0. The van der Waals surface area contributed by atoms with Gasteiger partial charge in [-0.3, -0.25) is 4.79 Å². The van der Waals surface area contributed by atoms with E-state index in [1.165, 1.54) is 6.21 Å². The number of amides is 1. The van der Waals surface area contributed by atoms with E-state index in [-0.39, 0.29) is 0 Å². The monoisotopic (exact) mass is 199 g/mol. The Balaban J connectivity index is 2.34. The summed E-state index contributed by atoms with van der Waals surface area (Å²) in [6, 6.07) is 11.6. The number of para-hydroxylation sites is 1. The van der Waals surface area contributed by atoms with Crippen LogP contribution in [-0.4, -0.2) is 17.6 Å². The smallest absolute Gasteiger partial charge is 0.227 e. The minimum atomic E-state index is 0.511. The second-order valence-corrected chi connectivity index (χ2v) is 2.93. The number of hydrogen-bond acceptors (Lipinski definition) is 3. The molecule has 0 aliphatic carbocycles.